The van der Waals surface area contributed by atoms with E-state index in [9.17, 15) is 31.5 Å². The van der Waals surface area contributed by atoms with Crippen molar-refractivity contribution in [3.63, 3.8) is 0 Å². The lowest BCUT2D eigenvalue weighted by Gasteiger charge is -2.62. The number of aliphatic hydroxyl groups excluding tert-OH is 1. The molecule has 1 unspecified atom stereocenters. The average Bonchev–Trinajstić information content (AvgIpc) is 3.02. The van der Waals surface area contributed by atoms with Crippen LogP contribution in [0.4, 0.5) is 31.3 Å². The molecule has 1 aromatic rings. The standard InChI is InChI=1S/C18H20F6N2O4S2/c19-15-4-14(5-16(20,7-15)9-17(21,6-14)8-15)13(28)26-12-10(1-2-31-12)11(27)3-25-32(29,30)18(22,23)24/h1-2,11,25,27H,3-9H2,(H,26,28). The van der Waals surface area contributed by atoms with Crippen LogP contribution >= 0.6 is 11.3 Å². The molecule has 1 amide bonds. The highest BCUT2D eigenvalue weighted by Gasteiger charge is 2.72. The molecule has 1 heterocycles. The van der Waals surface area contributed by atoms with E-state index >= 15 is 13.2 Å². The topological polar surface area (TPSA) is 95.5 Å². The van der Waals surface area contributed by atoms with Gasteiger partial charge >= 0.3 is 15.5 Å². The minimum Gasteiger partial charge on any atom is -0.387 e. The second-order valence-electron chi connectivity index (χ2n) is 9.27. The van der Waals surface area contributed by atoms with Crippen molar-refractivity contribution in [2.75, 3.05) is 11.9 Å². The van der Waals surface area contributed by atoms with Crippen molar-refractivity contribution < 1.29 is 44.7 Å². The zero-order valence-corrected chi connectivity index (χ0v) is 18.1. The summed E-state index contributed by atoms with van der Waals surface area (Å²) in [6, 6.07) is 1.26. The van der Waals surface area contributed by atoms with Gasteiger partial charge in [-0.25, -0.2) is 26.3 Å². The van der Waals surface area contributed by atoms with E-state index in [0.29, 0.717) is 0 Å². The van der Waals surface area contributed by atoms with Crippen molar-refractivity contribution in [3.8, 4) is 0 Å². The molecule has 5 rings (SSSR count). The van der Waals surface area contributed by atoms with E-state index in [1.165, 1.54) is 16.2 Å². The maximum atomic E-state index is 15.1. The van der Waals surface area contributed by atoms with E-state index in [1.54, 1.807) is 0 Å². The molecule has 6 nitrogen and oxygen atoms in total. The first kappa shape index (κ1) is 23.8. The Hall–Kier alpha value is -1.38. The van der Waals surface area contributed by atoms with Gasteiger partial charge in [-0.15, -0.1) is 11.3 Å². The summed E-state index contributed by atoms with van der Waals surface area (Å²) in [5.41, 5.74) is -13.7. The Kier molecular flexibility index (Phi) is 5.24. The monoisotopic (exact) mass is 506 g/mol. The molecule has 3 N–H and O–H groups in total. The Balaban J connectivity index is 1.51. The largest absolute Gasteiger partial charge is 0.511 e. The Labute approximate surface area is 183 Å². The van der Waals surface area contributed by atoms with Crippen molar-refractivity contribution in [3.05, 3.63) is 17.0 Å². The molecule has 1 aromatic heterocycles. The zero-order chi connectivity index (χ0) is 23.8. The number of anilines is 1. The van der Waals surface area contributed by atoms with Crippen molar-refractivity contribution >= 4 is 32.3 Å². The van der Waals surface area contributed by atoms with Gasteiger partial charge in [-0.1, -0.05) is 0 Å². The van der Waals surface area contributed by atoms with E-state index in [2.05, 4.69) is 5.32 Å². The number of amides is 1. The van der Waals surface area contributed by atoms with Gasteiger partial charge in [-0.05, 0) is 30.7 Å². The van der Waals surface area contributed by atoms with Gasteiger partial charge < -0.3 is 10.4 Å². The molecule has 4 aliphatic carbocycles. The van der Waals surface area contributed by atoms with E-state index in [-0.39, 0.29) is 29.8 Å². The average molecular weight is 506 g/mol. The summed E-state index contributed by atoms with van der Waals surface area (Å²) in [6.45, 7) is -1.03. The number of sulfonamides is 1. The first-order valence-corrected chi connectivity index (χ1v) is 12.1. The highest BCUT2D eigenvalue weighted by molar-refractivity contribution is 7.90. The van der Waals surface area contributed by atoms with E-state index in [0.717, 1.165) is 11.3 Å². The molecule has 1 atom stereocenters. The number of rotatable bonds is 6. The summed E-state index contributed by atoms with van der Waals surface area (Å²) >= 11 is 0.874. The summed E-state index contributed by atoms with van der Waals surface area (Å²) < 4.78 is 106. The van der Waals surface area contributed by atoms with Crippen LogP contribution < -0.4 is 10.0 Å². The lowest BCUT2D eigenvalue weighted by Crippen LogP contribution is -2.67. The third-order valence-electron chi connectivity index (χ3n) is 6.40. The SMILES string of the molecule is O=C(Nc1sccc1C(O)CNS(=O)(=O)C(F)(F)F)C12CC3(F)CC(F)(CC(F)(C3)C1)C2. The number of carbonyl (C=O) groups is 1. The minimum atomic E-state index is -5.69. The molecular weight excluding hydrogens is 486 g/mol. The second kappa shape index (κ2) is 7.06. The summed E-state index contributed by atoms with van der Waals surface area (Å²) in [4.78, 5) is 13.1. The van der Waals surface area contributed by atoms with Crippen molar-refractivity contribution in [1.82, 2.24) is 4.72 Å². The lowest BCUT2D eigenvalue weighted by molar-refractivity contribution is -0.214. The van der Waals surface area contributed by atoms with E-state index < -0.39 is 75.8 Å². The van der Waals surface area contributed by atoms with Gasteiger partial charge in [0.25, 0.3) is 0 Å². The number of aliphatic hydroxyl groups is 1. The van der Waals surface area contributed by atoms with Crippen LogP contribution in [0, 0.1) is 5.41 Å². The van der Waals surface area contributed by atoms with Gasteiger partial charge in [-0.3, -0.25) is 4.79 Å². The molecule has 4 bridgehead atoms. The highest BCUT2D eigenvalue weighted by Crippen LogP contribution is 2.68. The first-order chi connectivity index (χ1) is 14.5. The third-order valence-corrected chi connectivity index (χ3v) is 8.40. The van der Waals surface area contributed by atoms with Crippen molar-refractivity contribution in [1.29, 1.82) is 0 Å². The lowest BCUT2D eigenvalue weighted by atomic mass is 9.46. The molecule has 0 aromatic carbocycles. The van der Waals surface area contributed by atoms with Gasteiger partial charge in [0.2, 0.25) is 5.91 Å². The predicted molar refractivity (Wildman–Crippen MR) is 103 cm³/mol. The molecule has 14 heteroatoms. The number of hydrogen-bond acceptors (Lipinski definition) is 5. The summed E-state index contributed by atoms with van der Waals surface area (Å²) in [5, 5.41) is 14.0. The molecule has 0 radical (unpaired) electrons. The molecule has 0 spiro atoms. The molecule has 4 aliphatic rings. The first-order valence-electron chi connectivity index (χ1n) is 9.69. The van der Waals surface area contributed by atoms with Gasteiger partial charge in [0.1, 0.15) is 22.0 Å². The van der Waals surface area contributed by atoms with Gasteiger partial charge in [0.05, 0.1) is 11.5 Å². The Morgan fingerprint density at radius 2 is 1.56 bits per heavy atom. The summed E-state index contributed by atoms with van der Waals surface area (Å²) in [7, 11) is -5.69. The molecule has 180 valence electrons. The van der Waals surface area contributed by atoms with Crippen LogP contribution in [-0.2, 0) is 14.8 Å². The fraction of sp³-hybridized carbons (Fsp3) is 0.722. The van der Waals surface area contributed by atoms with Crippen LogP contribution in [0.2, 0.25) is 0 Å². The summed E-state index contributed by atoms with van der Waals surface area (Å²) in [6.07, 6.45) is -4.21. The molecule has 4 fully saturated rings. The van der Waals surface area contributed by atoms with Gasteiger partial charge in [0.15, 0.2) is 0 Å². The highest BCUT2D eigenvalue weighted by atomic mass is 32.2. The fourth-order valence-corrected chi connectivity index (χ4v) is 7.20. The predicted octanol–water partition coefficient (Wildman–Crippen LogP) is 3.65. The number of thiophene rings is 1. The van der Waals surface area contributed by atoms with Crippen LogP contribution in [0.5, 0.6) is 0 Å². The van der Waals surface area contributed by atoms with Crippen LogP contribution in [0.15, 0.2) is 11.4 Å². The molecule has 0 aliphatic heterocycles. The molecule has 4 saturated carbocycles. The maximum absolute atomic E-state index is 15.1. The zero-order valence-electron chi connectivity index (χ0n) is 16.4. The number of alkyl halides is 6. The van der Waals surface area contributed by atoms with E-state index in [4.69, 9.17) is 0 Å². The Morgan fingerprint density at radius 3 is 2.03 bits per heavy atom. The fourth-order valence-electron chi connectivity index (χ4n) is 5.81. The van der Waals surface area contributed by atoms with Crippen LogP contribution in [-0.4, -0.2) is 48.5 Å². The van der Waals surface area contributed by atoms with Crippen LogP contribution in [0.25, 0.3) is 0 Å². The van der Waals surface area contributed by atoms with E-state index in [1.807, 2.05) is 0 Å². The molecule has 32 heavy (non-hydrogen) atoms. The van der Waals surface area contributed by atoms with Crippen LogP contribution in [0.3, 0.4) is 0 Å². The molecule has 0 saturated heterocycles. The van der Waals surface area contributed by atoms with Crippen molar-refractivity contribution in [2.24, 2.45) is 5.41 Å². The Bertz CT molecular complexity index is 989. The van der Waals surface area contributed by atoms with Crippen molar-refractivity contribution in [2.45, 2.75) is 67.1 Å². The van der Waals surface area contributed by atoms with Gasteiger partial charge in [0, 0.05) is 31.4 Å². The Morgan fingerprint density at radius 1 is 1.06 bits per heavy atom. The number of nitrogens with one attached hydrogen (secondary N) is 2. The van der Waals surface area contributed by atoms with Gasteiger partial charge in [-0.2, -0.15) is 13.2 Å². The minimum absolute atomic E-state index is 0.0295. The smallest absolute Gasteiger partial charge is 0.387 e. The molecular formula is C18H20F6N2O4S2. The quantitative estimate of drug-likeness (QED) is 0.514. The number of halogens is 6. The summed E-state index contributed by atoms with van der Waals surface area (Å²) in [5.74, 6) is -0.838. The maximum Gasteiger partial charge on any atom is 0.511 e. The third kappa shape index (κ3) is 4.03. The normalized spacial score (nSPS) is 37.5. The second-order valence-corrected chi connectivity index (χ2v) is 11.9. The number of carbonyl (C=O) groups excluding carboxylic acids is 1. The van der Waals surface area contributed by atoms with Crippen LogP contribution in [0.1, 0.15) is 50.2 Å². The number of hydrogen-bond donors (Lipinski definition) is 3.